The van der Waals surface area contributed by atoms with E-state index >= 15 is 0 Å². The maximum atomic E-state index is 11.3. The fraction of sp³-hybridized carbons (Fsp3) is 0.167. The third-order valence-electron chi connectivity index (χ3n) is 3.15. The third kappa shape index (κ3) is 3.92. The second-order valence-corrected chi connectivity index (χ2v) is 4.76. The van der Waals surface area contributed by atoms with Gasteiger partial charge in [0.15, 0.2) is 0 Å². The first kappa shape index (κ1) is 13.3. The molecule has 0 aliphatic carbocycles. The van der Waals surface area contributed by atoms with Crippen molar-refractivity contribution in [1.29, 1.82) is 0 Å². The van der Waals surface area contributed by atoms with Gasteiger partial charge in [0.1, 0.15) is 6.29 Å². The fourth-order valence-electron chi connectivity index (χ4n) is 2.18. The SMILES string of the molecule is CC(=Cc1ccccc1)CC(C=O)c1ccccc1. The lowest BCUT2D eigenvalue weighted by molar-refractivity contribution is -0.109. The summed E-state index contributed by atoms with van der Waals surface area (Å²) < 4.78 is 0. The second-order valence-electron chi connectivity index (χ2n) is 4.76. The minimum absolute atomic E-state index is 0.0545. The summed E-state index contributed by atoms with van der Waals surface area (Å²) in [7, 11) is 0. The van der Waals surface area contributed by atoms with E-state index in [2.05, 4.69) is 25.1 Å². The van der Waals surface area contributed by atoms with Gasteiger partial charge in [0.25, 0.3) is 0 Å². The summed E-state index contributed by atoms with van der Waals surface area (Å²) in [5.41, 5.74) is 3.48. The van der Waals surface area contributed by atoms with E-state index in [1.54, 1.807) is 0 Å². The number of hydrogen-bond donors (Lipinski definition) is 0. The van der Waals surface area contributed by atoms with Crippen LogP contribution in [0.5, 0.6) is 0 Å². The number of rotatable bonds is 5. The first-order valence-electron chi connectivity index (χ1n) is 6.52. The highest BCUT2D eigenvalue weighted by Crippen LogP contribution is 2.22. The molecule has 0 saturated heterocycles. The third-order valence-corrected chi connectivity index (χ3v) is 3.15. The zero-order valence-corrected chi connectivity index (χ0v) is 11.1. The number of benzene rings is 2. The van der Waals surface area contributed by atoms with Crippen LogP contribution in [0.3, 0.4) is 0 Å². The zero-order valence-electron chi connectivity index (χ0n) is 11.1. The quantitative estimate of drug-likeness (QED) is 0.716. The Kier molecular flexibility index (Phi) is 4.68. The maximum absolute atomic E-state index is 11.3. The Labute approximate surface area is 114 Å². The Morgan fingerprint density at radius 3 is 2.16 bits per heavy atom. The predicted molar refractivity (Wildman–Crippen MR) is 80.0 cm³/mol. The molecule has 1 heteroatoms. The summed E-state index contributed by atoms with van der Waals surface area (Å²) in [6, 6.07) is 20.1. The first-order valence-corrected chi connectivity index (χ1v) is 6.52. The summed E-state index contributed by atoms with van der Waals surface area (Å²) in [6.45, 7) is 2.08. The fourth-order valence-corrected chi connectivity index (χ4v) is 2.18. The van der Waals surface area contributed by atoms with Crippen molar-refractivity contribution in [2.24, 2.45) is 0 Å². The van der Waals surface area contributed by atoms with Crippen LogP contribution in [0, 0.1) is 0 Å². The van der Waals surface area contributed by atoms with Crippen LogP contribution in [0.2, 0.25) is 0 Å². The number of carbonyl (C=O) groups is 1. The van der Waals surface area contributed by atoms with Crippen LogP contribution in [0.25, 0.3) is 6.08 Å². The molecule has 0 spiro atoms. The Hall–Kier alpha value is -2.15. The van der Waals surface area contributed by atoms with Crippen LogP contribution in [-0.4, -0.2) is 6.29 Å². The number of aldehydes is 1. The average molecular weight is 250 g/mol. The lowest BCUT2D eigenvalue weighted by Crippen LogP contribution is -2.00. The molecule has 96 valence electrons. The monoisotopic (exact) mass is 250 g/mol. The van der Waals surface area contributed by atoms with Crippen LogP contribution in [0.4, 0.5) is 0 Å². The van der Waals surface area contributed by atoms with Gasteiger partial charge in [-0.25, -0.2) is 0 Å². The molecule has 0 fully saturated rings. The van der Waals surface area contributed by atoms with Gasteiger partial charge >= 0.3 is 0 Å². The Morgan fingerprint density at radius 1 is 1.00 bits per heavy atom. The van der Waals surface area contributed by atoms with Crippen molar-refractivity contribution in [2.75, 3.05) is 0 Å². The van der Waals surface area contributed by atoms with E-state index < -0.39 is 0 Å². The molecule has 0 radical (unpaired) electrons. The van der Waals surface area contributed by atoms with Crippen molar-refractivity contribution in [3.8, 4) is 0 Å². The van der Waals surface area contributed by atoms with Gasteiger partial charge in [-0.05, 0) is 24.5 Å². The van der Waals surface area contributed by atoms with E-state index in [0.29, 0.717) is 0 Å². The van der Waals surface area contributed by atoms with Gasteiger partial charge in [-0.1, -0.05) is 72.3 Å². The highest BCUT2D eigenvalue weighted by molar-refractivity contribution is 5.64. The molecule has 2 aromatic carbocycles. The molecule has 2 rings (SSSR count). The largest absolute Gasteiger partial charge is 0.303 e. The summed E-state index contributed by atoms with van der Waals surface area (Å²) in [5.74, 6) is -0.0545. The van der Waals surface area contributed by atoms with Gasteiger partial charge in [-0.2, -0.15) is 0 Å². The van der Waals surface area contributed by atoms with Gasteiger partial charge in [0.2, 0.25) is 0 Å². The van der Waals surface area contributed by atoms with E-state index in [1.807, 2.05) is 48.5 Å². The molecule has 1 atom stereocenters. The summed E-state index contributed by atoms with van der Waals surface area (Å²) in [4.78, 5) is 11.3. The van der Waals surface area contributed by atoms with Crippen molar-refractivity contribution in [3.63, 3.8) is 0 Å². The standard InChI is InChI=1S/C18H18O/c1-15(12-16-8-4-2-5-9-16)13-18(14-19)17-10-6-3-7-11-17/h2-12,14,18H,13H2,1H3. The molecule has 0 bridgehead atoms. The minimum atomic E-state index is -0.0545. The topological polar surface area (TPSA) is 17.1 Å². The summed E-state index contributed by atoms with van der Waals surface area (Å²) in [6.07, 6.45) is 3.94. The molecule has 0 aromatic heterocycles. The zero-order chi connectivity index (χ0) is 13.5. The van der Waals surface area contributed by atoms with Crippen LogP contribution >= 0.6 is 0 Å². The number of allylic oxidation sites excluding steroid dienone is 1. The van der Waals surface area contributed by atoms with Gasteiger partial charge in [0, 0.05) is 5.92 Å². The lowest BCUT2D eigenvalue weighted by Gasteiger charge is -2.11. The van der Waals surface area contributed by atoms with Crippen LogP contribution in [0.15, 0.2) is 66.2 Å². The smallest absolute Gasteiger partial charge is 0.127 e. The molecule has 0 N–H and O–H groups in total. The molecule has 1 unspecified atom stereocenters. The van der Waals surface area contributed by atoms with Crippen molar-refractivity contribution in [2.45, 2.75) is 19.3 Å². The van der Waals surface area contributed by atoms with E-state index in [4.69, 9.17) is 0 Å². The predicted octanol–water partition coefficient (Wildman–Crippen LogP) is 4.46. The molecule has 0 aliphatic rings. The number of carbonyl (C=O) groups excluding carboxylic acids is 1. The highest BCUT2D eigenvalue weighted by atomic mass is 16.1. The average Bonchev–Trinajstić information content (AvgIpc) is 2.47. The van der Waals surface area contributed by atoms with Crippen molar-refractivity contribution in [3.05, 3.63) is 77.4 Å². The summed E-state index contributed by atoms with van der Waals surface area (Å²) >= 11 is 0. The molecule has 2 aromatic rings. The van der Waals surface area contributed by atoms with E-state index in [1.165, 1.54) is 11.1 Å². The highest BCUT2D eigenvalue weighted by Gasteiger charge is 2.10. The normalized spacial score (nSPS) is 13.0. The molecule has 1 nitrogen and oxygen atoms in total. The van der Waals surface area contributed by atoms with Crippen molar-refractivity contribution >= 4 is 12.4 Å². The first-order chi connectivity index (χ1) is 9.29. The van der Waals surface area contributed by atoms with Crippen molar-refractivity contribution in [1.82, 2.24) is 0 Å². The molecule has 0 heterocycles. The Balaban J connectivity index is 2.11. The van der Waals surface area contributed by atoms with E-state index in [0.717, 1.165) is 18.3 Å². The van der Waals surface area contributed by atoms with Crippen LogP contribution in [0.1, 0.15) is 30.4 Å². The molecule has 0 saturated carbocycles. The number of hydrogen-bond acceptors (Lipinski definition) is 1. The van der Waals surface area contributed by atoms with Crippen LogP contribution < -0.4 is 0 Å². The molecule has 19 heavy (non-hydrogen) atoms. The van der Waals surface area contributed by atoms with Gasteiger partial charge in [0.05, 0.1) is 0 Å². The maximum Gasteiger partial charge on any atom is 0.127 e. The van der Waals surface area contributed by atoms with E-state index in [9.17, 15) is 4.79 Å². The Morgan fingerprint density at radius 2 is 1.58 bits per heavy atom. The molecular weight excluding hydrogens is 232 g/mol. The van der Waals surface area contributed by atoms with E-state index in [-0.39, 0.29) is 5.92 Å². The van der Waals surface area contributed by atoms with Gasteiger partial charge in [-0.15, -0.1) is 0 Å². The molecule has 0 aliphatic heterocycles. The van der Waals surface area contributed by atoms with Crippen molar-refractivity contribution < 1.29 is 4.79 Å². The van der Waals surface area contributed by atoms with Crippen LogP contribution in [-0.2, 0) is 4.79 Å². The molecular formula is C18H18O. The lowest BCUT2D eigenvalue weighted by atomic mass is 9.93. The summed E-state index contributed by atoms with van der Waals surface area (Å²) in [5, 5.41) is 0. The minimum Gasteiger partial charge on any atom is -0.303 e. The van der Waals surface area contributed by atoms with Gasteiger partial charge in [-0.3, -0.25) is 0 Å². The second kappa shape index (κ2) is 6.69. The van der Waals surface area contributed by atoms with Gasteiger partial charge < -0.3 is 4.79 Å². The Bertz CT molecular complexity index is 540. The molecule has 0 amide bonds.